The van der Waals surface area contributed by atoms with Crippen molar-refractivity contribution in [2.45, 2.75) is 6.92 Å². The Bertz CT molecular complexity index is 826. The molecule has 0 atom stereocenters. The minimum Gasteiger partial charge on any atom is -0.398 e. The van der Waals surface area contributed by atoms with Gasteiger partial charge in [0.1, 0.15) is 10.7 Å². The van der Waals surface area contributed by atoms with E-state index < -0.39 is 0 Å². The molecule has 0 unspecified atom stereocenters. The van der Waals surface area contributed by atoms with E-state index in [1.165, 1.54) is 6.21 Å². The molecule has 3 rings (SSSR count). The molecule has 0 bridgehead atoms. The molecule has 4 N–H and O–H groups in total. The van der Waals surface area contributed by atoms with Gasteiger partial charge in [0.05, 0.1) is 0 Å². The van der Waals surface area contributed by atoms with Gasteiger partial charge in [-0.15, -0.1) is 11.3 Å². The molecule has 0 radical (unpaired) electrons. The number of aryl methyl sites for hydroxylation is 1. The Morgan fingerprint density at radius 3 is 2.82 bits per heavy atom. The topological polar surface area (TPSA) is 101 Å². The number of nitrogen functional groups attached to an aromatic ring is 1. The summed E-state index contributed by atoms with van der Waals surface area (Å²) in [6.45, 7) is 2.01. The Morgan fingerprint density at radius 2 is 2.14 bits per heavy atom. The van der Waals surface area contributed by atoms with Gasteiger partial charge < -0.3 is 16.5 Å². The predicted molar refractivity (Wildman–Crippen MR) is 89.9 cm³/mol. The van der Waals surface area contributed by atoms with Crippen LogP contribution >= 0.6 is 11.3 Å². The first-order valence-electron chi connectivity index (χ1n) is 6.58. The Kier molecular flexibility index (Phi) is 3.80. The zero-order valence-corrected chi connectivity index (χ0v) is 12.7. The normalized spacial score (nSPS) is 10.4. The van der Waals surface area contributed by atoms with Crippen LogP contribution in [0.4, 0.5) is 17.3 Å². The van der Waals surface area contributed by atoms with Crippen LogP contribution < -0.4 is 11.1 Å². The molecule has 3 aromatic rings. The Morgan fingerprint density at radius 1 is 1.27 bits per heavy atom. The van der Waals surface area contributed by atoms with Crippen molar-refractivity contribution in [3.63, 3.8) is 0 Å². The maximum Gasteiger partial charge on any atom is 0.227 e. The van der Waals surface area contributed by atoms with Crippen molar-refractivity contribution in [1.82, 2.24) is 15.0 Å². The number of aromatic nitrogens is 3. The lowest BCUT2D eigenvalue weighted by Crippen LogP contribution is -2.00. The van der Waals surface area contributed by atoms with E-state index in [4.69, 9.17) is 11.1 Å². The van der Waals surface area contributed by atoms with Gasteiger partial charge in [-0.05, 0) is 31.2 Å². The maximum atomic E-state index is 7.25. The third-order valence-corrected chi connectivity index (χ3v) is 3.93. The van der Waals surface area contributed by atoms with Gasteiger partial charge >= 0.3 is 0 Å². The van der Waals surface area contributed by atoms with E-state index >= 15 is 0 Å². The number of hydrogen-bond acceptors (Lipinski definition) is 7. The number of nitrogens with one attached hydrogen (secondary N) is 2. The van der Waals surface area contributed by atoms with Crippen LogP contribution in [-0.2, 0) is 0 Å². The maximum absolute atomic E-state index is 7.25. The lowest BCUT2D eigenvalue weighted by Gasteiger charge is -2.07. The van der Waals surface area contributed by atoms with E-state index in [-0.39, 0.29) is 0 Å². The van der Waals surface area contributed by atoms with Crippen LogP contribution in [-0.4, -0.2) is 21.2 Å². The lowest BCUT2D eigenvalue weighted by molar-refractivity contribution is 1.16. The lowest BCUT2D eigenvalue weighted by atomic mass is 10.2. The van der Waals surface area contributed by atoms with Crippen LogP contribution in [0.2, 0.25) is 0 Å². The number of nitrogens with two attached hydrogens (primary N) is 1. The molecule has 0 aliphatic rings. The summed E-state index contributed by atoms with van der Waals surface area (Å²) in [5.74, 6) is 0.479. The first-order chi connectivity index (χ1) is 10.7. The van der Waals surface area contributed by atoms with Crippen molar-refractivity contribution in [3.05, 3.63) is 47.1 Å². The van der Waals surface area contributed by atoms with Gasteiger partial charge in [0, 0.05) is 40.4 Å². The van der Waals surface area contributed by atoms with E-state index in [0.717, 1.165) is 21.3 Å². The second kappa shape index (κ2) is 5.90. The molecule has 0 saturated carbocycles. The average molecular weight is 310 g/mol. The SMILES string of the molecule is Cc1cnc(-c2ccnc(Nc3ccc(C=N)c(N)c3)n2)s1. The van der Waals surface area contributed by atoms with Crippen molar-refractivity contribution in [2.75, 3.05) is 11.1 Å². The van der Waals surface area contributed by atoms with Gasteiger partial charge in [-0.1, -0.05) is 0 Å². The predicted octanol–water partition coefficient (Wildman–Crippen LogP) is 3.23. The molecule has 22 heavy (non-hydrogen) atoms. The Hall–Kier alpha value is -2.80. The van der Waals surface area contributed by atoms with Crippen LogP contribution in [0.25, 0.3) is 10.7 Å². The smallest absolute Gasteiger partial charge is 0.227 e. The molecular weight excluding hydrogens is 296 g/mol. The summed E-state index contributed by atoms with van der Waals surface area (Å²) < 4.78 is 0. The quantitative estimate of drug-likeness (QED) is 0.507. The van der Waals surface area contributed by atoms with Crippen LogP contribution in [0.3, 0.4) is 0 Å². The van der Waals surface area contributed by atoms with Crippen LogP contribution in [0, 0.1) is 12.3 Å². The largest absolute Gasteiger partial charge is 0.398 e. The van der Waals surface area contributed by atoms with E-state index in [9.17, 15) is 0 Å². The summed E-state index contributed by atoms with van der Waals surface area (Å²) in [5, 5.41) is 11.2. The fourth-order valence-electron chi connectivity index (χ4n) is 1.92. The number of rotatable bonds is 4. The minimum absolute atomic E-state index is 0.479. The molecule has 7 heteroatoms. The standard InChI is InChI=1S/C15H14N6S/c1-9-8-19-14(22-9)13-4-5-18-15(21-13)20-11-3-2-10(7-16)12(17)6-11/h2-8,16H,17H2,1H3,(H,18,20,21). The molecule has 0 saturated heterocycles. The van der Waals surface area contributed by atoms with E-state index in [1.54, 1.807) is 29.7 Å². The molecule has 0 aliphatic heterocycles. The number of anilines is 3. The highest BCUT2D eigenvalue weighted by Gasteiger charge is 2.07. The third-order valence-electron chi connectivity index (χ3n) is 2.99. The van der Waals surface area contributed by atoms with Crippen molar-refractivity contribution < 1.29 is 0 Å². The fraction of sp³-hybridized carbons (Fsp3) is 0.0667. The second-order valence-electron chi connectivity index (χ2n) is 4.65. The van der Waals surface area contributed by atoms with Gasteiger partial charge in [0.2, 0.25) is 5.95 Å². The summed E-state index contributed by atoms with van der Waals surface area (Å²) in [7, 11) is 0. The van der Waals surface area contributed by atoms with E-state index in [0.29, 0.717) is 17.2 Å². The average Bonchev–Trinajstić information content (AvgIpc) is 2.94. The summed E-state index contributed by atoms with van der Waals surface area (Å²) >= 11 is 1.59. The van der Waals surface area contributed by atoms with Crippen molar-refractivity contribution in [2.24, 2.45) is 0 Å². The van der Waals surface area contributed by atoms with Crippen molar-refractivity contribution in [1.29, 1.82) is 5.41 Å². The molecule has 0 aliphatic carbocycles. The van der Waals surface area contributed by atoms with Crippen LogP contribution in [0.15, 0.2) is 36.7 Å². The fourth-order valence-corrected chi connectivity index (χ4v) is 2.66. The summed E-state index contributed by atoms with van der Waals surface area (Å²) in [6, 6.07) is 7.19. The third kappa shape index (κ3) is 2.94. The number of hydrogen-bond donors (Lipinski definition) is 3. The minimum atomic E-state index is 0.479. The molecule has 0 fully saturated rings. The highest BCUT2D eigenvalue weighted by atomic mass is 32.1. The number of nitrogens with zero attached hydrogens (tertiary/aromatic N) is 3. The zero-order chi connectivity index (χ0) is 15.5. The molecule has 0 amide bonds. The van der Waals surface area contributed by atoms with Crippen molar-refractivity contribution in [3.8, 4) is 10.7 Å². The molecule has 6 nitrogen and oxygen atoms in total. The number of benzene rings is 1. The molecular formula is C15H14N6S. The highest BCUT2D eigenvalue weighted by molar-refractivity contribution is 7.14. The molecule has 1 aromatic carbocycles. The van der Waals surface area contributed by atoms with Gasteiger partial charge in [0.25, 0.3) is 0 Å². The monoisotopic (exact) mass is 310 g/mol. The molecule has 0 spiro atoms. The van der Waals surface area contributed by atoms with Crippen molar-refractivity contribution >= 4 is 34.9 Å². The summed E-state index contributed by atoms with van der Waals surface area (Å²) in [5.41, 5.74) is 8.63. The van der Waals surface area contributed by atoms with Gasteiger partial charge in [-0.3, -0.25) is 0 Å². The summed E-state index contributed by atoms with van der Waals surface area (Å²) in [4.78, 5) is 14.1. The summed E-state index contributed by atoms with van der Waals surface area (Å²) in [6.07, 6.45) is 4.74. The van der Waals surface area contributed by atoms with Crippen LogP contribution in [0.5, 0.6) is 0 Å². The second-order valence-corrected chi connectivity index (χ2v) is 5.89. The zero-order valence-electron chi connectivity index (χ0n) is 11.9. The first-order valence-corrected chi connectivity index (χ1v) is 7.40. The molecule has 2 heterocycles. The highest BCUT2D eigenvalue weighted by Crippen LogP contribution is 2.24. The van der Waals surface area contributed by atoms with Gasteiger partial charge in [-0.25, -0.2) is 15.0 Å². The first kappa shape index (κ1) is 14.2. The van der Waals surface area contributed by atoms with E-state index in [2.05, 4.69) is 20.3 Å². The molecule has 2 aromatic heterocycles. The van der Waals surface area contributed by atoms with Crippen LogP contribution in [0.1, 0.15) is 10.4 Å². The number of thiazole rings is 1. The van der Waals surface area contributed by atoms with Gasteiger partial charge in [-0.2, -0.15) is 0 Å². The molecule has 110 valence electrons. The Labute approximate surface area is 131 Å². The van der Waals surface area contributed by atoms with E-state index in [1.807, 2.05) is 25.3 Å². The Balaban J connectivity index is 1.87. The van der Waals surface area contributed by atoms with Gasteiger partial charge in [0.15, 0.2) is 0 Å².